The third-order valence-electron chi connectivity index (χ3n) is 4.12. The van der Waals surface area contributed by atoms with Gasteiger partial charge >= 0.3 is 0 Å². The first kappa shape index (κ1) is 16.7. The summed E-state index contributed by atoms with van der Waals surface area (Å²) in [6.07, 6.45) is 9.21. The maximum absolute atomic E-state index is 10.0. The Hall–Kier alpha value is -0.315. The number of allylic oxidation sites excluding steroid dienone is 2. The molecule has 1 rings (SSSR count). The average Bonchev–Trinajstić information content (AvgIpc) is 2.61. The molecule has 1 saturated carbocycles. The molecule has 1 aliphatic rings. The van der Waals surface area contributed by atoms with E-state index in [2.05, 4.69) is 19.1 Å². The average molecular weight is 266 g/mol. The monoisotopic (exact) mass is 266 g/mol. The van der Waals surface area contributed by atoms with E-state index < -0.39 is 18.2 Å². The minimum Gasteiger partial charge on any atom is -0.403 e. The summed E-state index contributed by atoms with van der Waals surface area (Å²) in [7, 11) is 5.35. The van der Waals surface area contributed by atoms with Gasteiger partial charge in [0, 0.05) is 6.00 Å². The fourth-order valence-electron chi connectivity index (χ4n) is 2.96. The number of hydrogen-bond acceptors (Lipinski definition) is 3. The Morgan fingerprint density at radius 3 is 2.53 bits per heavy atom. The Morgan fingerprint density at radius 2 is 1.89 bits per heavy atom. The Morgan fingerprint density at radius 1 is 1.21 bits per heavy atom. The maximum Gasteiger partial charge on any atom is 0.108 e. The zero-order valence-electron chi connectivity index (χ0n) is 11.9. The standard InChI is InChI=1S/C15H27BO3/c1-2-3-4-5-6-7-11-12(8-9-15(16)19)14(18)10-13(11)17/h5-6,11-15,17-19H,2-4,7-10H2,1H3/b6-5-/t11-,12-,13+,14-,15-/m1/s1. The van der Waals surface area contributed by atoms with Crippen LogP contribution in [0, 0.1) is 11.8 Å². The van der Waals surface area contributed by atoms with Gasteiger partial charge in [0.2, 0.25) is 0 Å². The van der Waals surface area contributed by atoms with Gasteiger partial charge < -0.3 is 15.3 Å². The molecule has 4 heteroatoms. The van der Waals surface area contributed by atoms with Crippen molar-refractivity contribution >= 4 is 7.85 Å². The molecular weight excluding hydrogens is 239 g/mol. The summed E-state index contributed by atoms with van der Waals surface area (Å²) in [5.41, 5.74) is 0. The molecule has 108 valence electrons. The van der Waals surface area contributed by atoms with E-state index in [1.165, 1.54) is 12.8 Å². The van der Waals surface area contributed by atoms with Crippen LogP contribution in [0.25, 0.3) is 0 Å². The van der Waals surface area contributed by atoms with Crippen molar-refractivity contribution in [3.63, 3.8) is 0 Å². The van der Waals surface area contributed by atoms with Gasteiger partial charge in [-0.15, -0.1) is 0 Å². The zero-order chi connectivity index (χ0) is 14.3. The SMILES string of the molecule is [B][C@H](O)CC[C@@H]1[C@@H](C/C=C\CCCC)[C@@H](O)C[C@H]1O. The first-order valence-electron chi connectivity index (χ1n) is 7.51. The van der Waals surface area contributed by atoms with Crippen molar-refractivity contribution in [2.45, 2.75) is 70.1 Å². The van der Waals surface area contributed by atoms with Gasteiger partial charge in [0.25, 0.3) is 0 Å². The van der Waals surface area contributed by atoms with Crippen molar-refractivity contribution in [2.75, 3.05) is 0 Å². The summed E-state index contributed by atoms with van der Waals surface area (Å²) < 4.78 is 0. The summed E-state index contributed by atoms with van der Waals surface area (Å²) in [5, 5.41) is 29.1. The van der Waals surface area contributed by atoms with Crippen molar-refractivity contribution < 1.29 is 15.3 Å². The fourth-order valence-corrected chi connectivity index (χ4v) is 2.96. The predicted octanol–water partition coefficient (Wildman–Crippen LogP) is 1.75. The van der Waals surface area contributed by atoms with Crippen LogP contribution in [0.2, 0.25) is 0 Å². The minimum absolute atomic E-state index is 0.0454. The largest absolute Gasteiger partial charge is 0.403 e. The van der Waals surface area contributed by atoms with Crippen LogP contribution in [0.5, 0.6) is 0 Å². The molecule has 1 aliphatic carbocycles. The molecule has 0 aliphatic heterocycles. The van der Waals surface area contributed by atoms with E-state index in [-0.39, 0.29) is 11.8 Å². The quantitative estimate of drug-likeness (QED) is 0.356. The molecule has 1 fully saturated rings. The van der Waals surface area contributed by atoms with E-state index in [1.807, 2.05) is 0 Å². The molecule has 0 aromatic heterocycles. The second-order valence-electron chi connectivity index (χ2n) is 5.69. The second kappa shape index (κ2) is 8.78. The third kappa shape index (κ3) is 5.68. The summed E-state index contributed by atoms with van der Waals surface area (Å²) in [4.78, 5) is 0. The lowest BCUT2D eigenvalue weighted by Crippen LogP contribution is -2.23. The van der Waals surface area contributed by atoms with Crippen molar-refractivity contribution in [1.82, 2.24) is 0 Å². The van der Waals surface area contributed by atoms with Crippen LogP contribution in [0.15, 0.2) is 12.2 Å². The highest BCUT2D eigenvalue weighted by Crippen LogP contribution is 2.38. The Balaban J connectivity index is 2.44. The van der Waals surface area contributed by atoms with Crippen molar-refractivity contribution in [2.24, 2.45) is 11.8 Å². The maximum atomic E-state index is 10.0. The van der Waals surface area contributed by atoms with E-state index >= 15 is 0 Å². The Labute approximate surface area is 118 Å². The summed E-state index contributed by atoms with van der Waals surface area (Å²) in [6.45, 7) is 2.17. The van der Waals surface area contributed by atoms with Crippen LogP contribution in [0.3, 0.4) is 0 Å². The van der Waals surface area contributed by atoms with Gasteiger partial charge in [-0.1, -0.05) is 31.9 Å². The third-order valence-corrected chi connectivity index (χ3v) is 4.12. The van der Waals surface area contributed by atoms with Gasteiger partial charge in [0.05, 0.1) is 12.2 Å². The molecule has 0 bridgehead atoms. The van der Waals surface area contributed by atoms with Crippen LogP contribution < -0.4 is 0 Å². The van der Waals surface area contributed by atoms with Gasteiger partial charge in [-0.05, 0) is 43.9 Å². The Bertz CT molecular complexity index is 268. The topological polar surface area (TPSA) is 60.7 Å². The lowest BCUT2D eigenvalue weighted by Gasteiger charge is -2.23. The van der Waals surface area contributed by atoms with Gasteiger partial charge in [-0.2, -0.15) is 0 Å². The van der Waals surface area contributed by atoms with Crippen LogP contribution in [-0.4, -0.2) is 41.4 Å². The molecule has 0 saturated heterocycles. The number of unbranched alkanes of at least 4 members (excludes halogenated alkanes) is 2. The Kier molecular flexibility index (Phi) is 7.73. The van der Waals surface area contributed by atoms with Crippen LogP contribution in [0.4, 0.5) is 0 Å². The van der Waals surface area contributed by atoms with Gasteiger partial charge in [0.1, 0.15) is 7.85 Å². The molecule has 3 N–H and O–H groups in total. The molecule has 0 amide bonds. The number of aliphatic hydroxyl groups is 3. The van der Waals surface area contributed by atoms with Gasteiger partial charge in [-0.25, -0.2) is 0 Å². The van der Waals surface area contributed by atoms with E-state index in [0.717, 1.165) is 12.8 Å². The first-order valence-corrected chi connectivity index (χ1v) is 7.51. The van der Waals surface area contributed by atoms with E-state index in [9.17, 15) is 10.2 Å². The number of rotatable bonds is 8. The van der Waals surface area contributed by atoms with Crippen molar-refractivity contribution in [3.8, 4) is 0 Å². The second-order valence-corrected chi connectivity index (χ2v) is 5.69. The highest BCUT2D eigenvalue weighted by Gasteiger charge is 2.40. The normalized spacial score (nSPS) is 33.1. The molecule has 3 nitrogen and oxygen atoms in total. The molecule has 0 spiro atoms. The molecule has 5 atom stereocenters. The lowest BCUT2D eigenvalue weighted by atomic mass is 9.83. The smallest absolute Gasteiger partial charge is 0.108 e. The van der Waals surface area contributed by atoms with Gasteiger partial charge in [0.15, 0.2) is 0 Å². The van der Waals surface area contributed by atoms with Gasteiger partial charge in [-0.3, -0.25) is 0 Å². The summed E-state index contributed by atoms with van der Waals surface area (Å²) in [5.74, 6) is 0.135. The fraction of sp³-hybridized carbons (Fsp3) is 0.867. The van der Waals surface area contributed by atoms with Crippen molar-refractivity contribution in [1.29, 1.82) is 0 Å². The zero-order valence-corrected chi connectivity index (χ0v) is 11.9. The van der Waals surface area contributed by atoms with E-state index in [4.69, 9.17) is 13.0 Å². The van der Waals surface area contributed by atoms with Crippen LogP contribution >= 0.6 is 0 Å². The van der Waals surface area contributed by atoms with Crippen LogP contribution in [-0.2, 0) is 0 Å². The van der Waals surface area contributed by atoms with E-state index in [1.54, 1.807) is 0 Å². The molecular formula is C15H27BO3. The first-order chi connectivity index (χ1) is 9.06. The molecule has 0 heterocycles. The summed E-state index contributed by atoms with van der Waals surface area (Å²) >= 11 is 0. The minimum atomic E-state index is -0.828. The molecule has 19 heavy (non-hydrogen) atoms. The molecule has 0 aromatic carbocycles. The summed E-state index contributed by atoms with van der Waals surface area (Å²) in [6, 6.07) is -0.828. The predicted molar refractivity (Wildman–Crippen MR) is 77.9 cm³/mol. The number of hydrogen-bond donors (Lipinski definition) is 3. The van der Waals surface area contributed by atoms with Crippen LogP contribution in [0.1, 0.15) is 51.9 Å². The molecule has 0 aromatic rings. The highest BCUT2D eigenvalue weighted by atomic mass is 16.3. The molecule has 0 unspecified atom stereocenters. The van der Waals surface area contributed by atoms with Crippen molar-refractivity contribution in [3.05, 3.63) is 12.2 Å². The molecule has 2 radical (unpaired) electrons. The highest BCUT2D eigenvalue weighted by molar-refractivity contribution is 6.10. The van der Waals surface area contributed by atoms with E-state index in [0.29, 0.717) is 19.3 Å². The lowest BCUT2D eigenvalue weighted by molar-refractivity contribution is 0.100. The number of aliphatic hydroxyl groups excluding tert-OH is 3.